The Morgan fingerprint density at radius 3 is 3.06 bits per heavy atom. The van der Waals surface area contributed by atoms with Crippen molar-refractivity contribution in [2.75, 3.05) is 0 Å². The molecule has 0 aromatic carbocycles. The molecule has 1 heterocycles. The van der Waals surface area contributed by atoms with Crippen molar-refractivity contribution in [1.82, 2.24) is 5.32 Å². The van der Waals surface area contributed by atoms with Crippen LogP contribution in [0.25, 0.3) is 0 Å². The van der Waals surface area contributed by atoms with Gasteiger partial charge in [-0.05, 0) is 37.7 Å². The molecule has 2 heteroatoms. The number of rotatable bonds is 5. The van der Waals surface area contributed by atoms with E-state index in [9.17, 15) is 0 Å². The molecule has 3 rings (SSSR count). The molecule has 1 aromatic heterocycles. The third kappa shape index (κ3) is 2.57. The van der Waals surface area contributed by atoms with Crippen LogP contribution >= 0.6 is 0 Å². The van der Waals surface area contributed by atoms with Crippen molar-refractivity contribution in [2.45, 2.75) is 64.0 Å². The Balaban J connectivity index is 1.64. The number of hydrogen-bond donors (Lipinski definition) is 1. The van der Waals surface area contributed by atoms with E-state index in [1.165, 1.54) is 49.8 Å². The molecule has 2 aliphatic rings. The zero-order chi connectivity index (χ0) is 11.7. The van der Waals surface area contributed by atoms with E-state index < -0.39 is 0 Å². The molecule has 1 fully saturated rings. The lowest BCUT2D eigenvalue weighted by atomic mass is 9.92. The van der Waals surface area contributed by atoms with E-state index in [-0.39, 0.29) is 0 Å². The highest BCUT2D eigenvalue weighted by molar-refractivity contribution is 5.24. The van der Waals surface area contributed by atoms with Gasteiger partial charge in [0.15, 0.2) is 0 Å². The van der Waals surface area contributed by atoms with Gasteiger partial charge in [0.25, 0.3) is 0 Å². The summed E-state index contributed by atoms with van der Waals surface area (Å²) >= 11 is 0. The van der Waals surface area contributed by atoms with Crippen LogP contribution in [0.4, 0.5) is 0 Å². The summed E-state index contributed by atoms with van der Waals surface area (Å²) in [6.07, 6.45) is 11.1. The molecule has 17 heavy (non-hydrogen) atoms. The van der Waals surface area contributed by atoms with Crippen LogP contribution in [0.15, 0.2) is 16.7 Å². The van der Waals surface area contributed by atoms with Crippen LogP contribution in [0, 0.1) is 5.92 Å². The van der Waals surface area contributed by atoms with Crippen LogP contribution in [0.1, 0.15) is 62.8 Å². The summed E-state index contributed by atoms with van der Waals surface area (Å²) in [7, 11) is 0. The molecular weight excluding hydrogens is 210 g/mol. The van der Waals surface area contributed by atoms with E-state index in [4.69, 9.17) is 4.42 Å². The molecule has 2 nitrogen and oxygen atoms in total. The third-order valence-corrected chi connectivity index (χ3v) is 4.30. The maximum atomic E-state index is 5.55. The van der Waals surface area contributed by atoms with Gasteiger partial charge in [-0.15, -0.1) is 0 Å². The summed E-state index contributed by atoms with van der Waals surface area (Å²) in [4.78, 5) is 0. The molecule has 0 spiro atoms. The van der Waals surface area contributed by atoms with E-state index in [0.717, 1.165) is 12.3 Å². The first-order chi connectivity index (χ1) is 8.36. The number of nitrogens with one attached hydrogen (secondary N) is 1. The van der Waals surface area contributed by atoms with E-state index in [0.29, 0.717) is 12.1 Å². The van der Waals surface area contributed by atoms with Gasteiger partial charge in [0.2, 0.25) is 0 Å². The van der Waals surface area contributed by atoms with Crippen LogP contribution < -0.4 is 5.32 Å². The zero-order valence-corrected chi connectivity index (χ0v) is 10.7. The molecule has 2 aliphatic carbocycles. The first-order valence-electron chi connectivity index (χ1n) is 7.19. The molecular formula is C15H23NO. The fourth-order valence-corrected chi connectivity index (χ4v) is 3.05. The van der Waals surface area contributed by atoms with Crippen LogP contribution in [0.2, 0.25) is 0 Å². The van der Waals surface area contributed by atoms with E-state index in [1.54, 1.807) is 0 Å². The minimum Gasteiger partial charge on any atom is -0.469 e. The first-order valence-corrected chi connectivity index (χ1v) is 7.19. The number of fused-ring (bicyclic) bond motifs is 1. The Bertz CT molecular complexity index is 367. The lowest BCUT2D eigenvalue weighted by molar-refractivity contribution is 0.348. The van der Waals surface area contributed by atoms with Crippen molar-refractivity contribution in [2.24, 2.45) is 5.92 Å². The summed E-state index contributed by atoms with van der Waals surface area (Å²) in [5.41, 5.74) is 1.42. The highest BCUT2D eigenvalue weighted by Crippen LogP contribution is 2.36. The average molecular weight is 233 g/mol. The first kappa shape index (κ1) is 11.3. The fraction of sp³-hybridized carbons (Fsp3) is 0.733. The molecule has 2 atom stereocenters. The minimum atomic E-state index is 0.543. The van der Waals surface area contributed by atoms with Crippen molar-refractivity contribution < 1.29 is 4.42 Å². The Morgan fingerprint density at radius 2 is 2.29 bits per heavy atom. The fourth-order valence-electron chi connectivity index (χ4n) is 3.05. The molecule has 0 aliphatic heterocycles. The summed E-state index contributed by atoms with van der Waals surface area (Å²) in [5.74, 6) is 2.23. The topological polar surface area (TPSA) is 25.2 Å². The normalized spacial score (nSPS) is 25.6. The van der Waals surface area contributed by atoms with Gasteiger partial charge in [0.05, 0.1) is 6.26 Å². The monoisotopic (exact) mass is 233 g/mol. The standard InChI is InChI=1S/C15H23NO/c1-2-12(10-11-6-7-11)16-14-4-3-5-15-13(14)8-9-17-15/h8-9,11-12,14,16H,2-7,10H2,1H3. The van der Waals surface area contributed by atoms with Crippen molar-refractivity contribution in [3.63, 3.8) is 0 Å². The molecule has 1 aromatic rings. The summed E-state index contributed by atoms with van der Waals surface area (Å²) in [5, 5.41) is 3.86. The second-order valence-electron chi connectivity index (χ2n) is 5.69. The molecule has 1 saturated carbocycles. The van der Waals surface area contributed by atoms with Gasteiger partial charge < -0.3 is 9.73 Å². The smallest absolute Gasteiger partial charge is 0.108 e. The van der Waals surface area contributed by atoms with Crippen LogP contribution in [0.3, 0.4) is 0 Å². The summed E-state index contributed by atoms with van der Waals surface area (Å²) < 4.78 is 5.55. The Labute approximate surface area is 104 Å². The van der Waals surface area contributed by atoms with Crippen molar-refractivity contribution in [1.29, 1.82) is 0 Å². The van der Waals surface area contributed by atoms with Crippen LogP contribution in [0.5, 0.6) is 0 Å². The second kappa shape index (κ2) is 4.85. The third-order valence-electron chi connectivity index (χ3n) is 4.30. The number of furan rings is 1. The van der Waals surface area contributed by atoms with Gasteiger partial charge in [-0.1, -0.05) is 19.8 Å². The van der Waals surface area contributed by atoms with Crippen LogP contribution in [-0.2, 0) is 6.42 Å². The van der Waals surface area contributed by atoms with E-state index in [2.05, 4.69) is 18.3 Å². The zero-order valence-electron chi connectivity index (χ0n) is 10.7. The van der Waals surface area contributed by atoms with Crippen molar-refractivity contribution in [3.05, 3.63) is 23.7 Å². The maximum absolute atomic E-state index is 5.55. The second-order valence-corrected chi connectivity index (χ2v) is 5.69. The predicted octanol–water partition coefficient (Wildman–Crippen LogP) is 3.83. The molecule has 0 bridgehead atoms. The van der Waals surface area contributed by atoms with Gasteiger partial charge in [-0.2, -0.15) is 0 Å². The van der Waals surface area contributed by atoms with Crippen molar-refractivity contribution in [3.8, 4) is 0 Å². The highest BCUT2D eigenvalue weighted by Gasteiger charge is 2.28. The largest absolute Gasteiger partial charge is 0.469 e. The molecule has 0 radical (unpaired) electrons. The lowest BCUT2D eigenvalue weighted by Crippen LogP contribution is -2.34. The van der Waals surface area contributed by atoms with Crippen molar-refractivity contribution >= 4 is 0 Å². The van der Waals surface area contributed by atoms with E-state index in [1.807, 2.05) is 6.26 Å². The van der Waals surface area contributed by atoms with Gasteiger partial charge in [0.1, 0.15) is 5.76 Å². The number of hydrogen-bond acceptors (Lipinski definition) is 2. The molecule has 1 N–H and O–H groups in total. The minimum absolute atomic E-state index is 0.543. The van der Waals surface area contributed by atoms with Gasteiger partial charge >= 0.3 is 0 Å². The van der Waals surface area contributed by atoms with E-state index >= 15 is 0 Å². The molecule has 2 unspecified atom stereocenters. The molecule has 0 saturated heterocycles. The van der Waals surface area contributed by atoms with Gasteiger partial charge in [-0.3, -0.25) is 0 Å². The Morgan fingerprint density at radius 1 is 1.41 bits per heavy atom. The van der Waals surface area contributed by atoms with Gasteiger partial charge in [-0.25, -0.2) is 0 Å². The molecule has 94 valence electrons. The SMILES string of the molecule is CCC(CC1CC1)NC1CCCc2occc21. The molecule has 0 amide bonds. The Hall–Kier alpha value is -0.760. The average Bonchev–Trinajstić information content (AvgIpc) is 3.03. The van der Waals surface area contributed by atoms with Gasteiger partial charge in [0, 0.05) is 24.1 Å². The highest BCUT2D eigenvalue weighted by atomic mass is 16.3. The maximum Gasteiger partial charge on any atom is 0.108 e. The lowest BCUT2D eigenvalue weighted by Gasteiger charge is -2.28. The number of aryl methyl sites for hydroxylation is 1. The Kier molecular flexibility index (Phi) is 3.24. The quantitative estimate of drug-likeness (QED) is 0.836. The summed E-state index contributed by atoms with van der Waals surface area (Å²) in [6.45, 7) is 2.30. The van der Waals surface area contributed by atoms with Crippen LogP contribution in [-0.4, -0.2) is 6.04 Å². The summed E-state index contributed by atoms with van der Waals surface area (Å²) in [6, 6.07) is 3.41. The predicted molar refractivity (Wildman–Crippen MR) is 68.9 cm³/mol.